The van der Waals surface area contributed by atoms with Crippen LogP contribution in [0.15, 0.2) is 48.7 Å². The number of aliphatic hydroxyl groups is 1. The molecule has 4 rings (SSSR count). The van der Waals surface area contributed by atoms with E-state index in [1.165, 1.54) is 19.3 Å². The van der Waals surface area contributed by atoms with Crippen LogP contribution >= 0.6 is 11.6 Å². The number of ketones is 1. The lowest BCUT2D eigenvalue weighted by molar-refractivity contribution is 0.0917. The Morgan fingerprint density at radius 1 is 1.04 bits per heavy atom. The smallest absolute Gasteiger partial charge is 0.178 e. The summed E-state index contributed by atoms with van der Waals surface area (Å²) in [5.74, 6) is 0.145. The fourth-order valence-electron chi connectivity index (χ4n) is 3.81. The van der Waals surface area contributed by atoms with Crippen LogP contribution in [0, 0.1) is 0 Å². The average Bonchev–Trinajstić information content (AvgIpc) is 3.08. The van der Waals surface area contributed by atoms with Crippen LogP contribution in [0.3, 0.4) is 0 Å². The molecule has 1 N–H and O–H groups in total. The van der Waals surface area contributed by atoms with Crippen LogP contribution in [0.25, 0.3) is 16.6 Å². The van der Waals surface area contributed by atoms with Gasteiger partial charge in [-0.3, -0.25) is 9.69 Å². The standard InChI is InChI=1S/C22H23ClN2O2/c23-17-5-7-18(8-6-17)25-13-20(19-9-4-16(15-26)12-21(19)25)22(27)14-24-10-2-1-3-11-24/h4-9,12-13,26H,1-3,10-11,14-15H2. The van der Waals surface area contributed by atoms with Gasteiger partial charge in [0.25, 0.3) is 0 Å². The van der Waals surface area contributed by atoms with E-state index in [1.54, 1.807) is 0 Å². The number of fused-ring (bicyclic) bond motifs is 1. The number of aromatic nitrogens is 1. The molecule has 1 aliphatic rings. The number of rotatable bonds is 5. The van der Waals surface area contributed by atoms with Crippen molar-refractivity contribution in [3.05, 3.63) is 64.8 Å². The summed E-state index contributed by atoms with van der Waals surface area (Å²) in [7, 11) is 0. The molecule has 1 saturated heterocycles. The van der Waals surface area contributed by atoms with E-state index in [-0.39, 0.29) is 12.4 Å². The van der Waals surface area contributed by atoms with Gasteiger partial charge in [0, 0.05) is 27.9 Å². The first-order valence-corrected chi connectivity index (χ1v) is 9.80. The van der Waals surface area contributed by atoms with Crippen LogP contribution in [0.4, 0.5) is 0 Å². The van der Waals surface area contributed by atoms with Gasteiger partial charge in [0.05, 0.1) is 18.7 Å². The molecule has 1 aromatic heterocycles. The van der Waals surface area contributed by atoms with E-state index in [4.69, 9.17) is 11.6 Å². The minimum atomic E-state index is -0.0290. The lowest BCUT2D eigenvalue weighted by Crippen LogP contribution is -2.34. The van der Waals surface area contributed by atoms with Gasteiger partial charge in [-0.1, -0.05) is 30.2 Å². The molecule has 0 amide bonds. The topological polar surface area (TPSA) is 45.5 Å². The Bertz CT molecular complexity index is 956. The number of halogens is 1. The summed E-state index contributed by atoms with van der Waals surface area (Å²) < 4.78 is 2.01. The quantitative estimate of drug-likeness (QED) is 0.663. The van der Waals surface area contributed by atoms with Gasteiger partial charge in [0.2, 0.25) is 0 Å². The summed E-state index contributed by atoms with van der Waals surface area (Å²) in [6, 6.07) is 13.3. The van der Waals surface area contributed by atoms with E-state index in [1.807, 2.05) is 53.2 Å². The van der Waals surface area contributed by atoms with Gasteiger partial charge in [-0.2, -0.15) is 0 Å². The number of benzene rings is 2. The summed E-state index contributed by atoms with van der Waals surface area (Å²) in [5.41, 5.74) is 3.42. The number of likely N-dealkylation sites (tertiary alicyclic amines) is 1. The van der Waals surface area contributed by atoms with E-state index in [9.17, 15) is 9.90 Å². The van der Waals surface area contributed by atoms with Gasteiger partial charge < -0.3 is 9.67 Å². The lowest BCUT2D eigenvalue weighted by Gasteiger charge is -2.25. The van der Waals surface area contributed by atoms with E-state index >= 15 is 0 Å². The van der Waals surface area contributed by atoms with Crippen molar-refractivity contribution in [3.63, 3.8) is 0 Å². The molecule has 3 aromatic rings. The SMILES string of the molecule is O=C(CN1CCCCC1)c1cn(-c2ccc(Cl)cc2)c2cc(CO)ccc12. The van der Waals surface area contributed by atoms with Gasteiger partial charge in [-0.25, -0.2) is 0 Å². The van der Waals surface area contributed by atoms with Gasteiger partial charge in [-0.05, 0) is 61.8 Å². The van der Waals surface area contributed by atoms with Crippen molar-refractivity contribution >= 4 is 28.3 Å². The molecule has 0 aliphatic carbocycles. The summed E-state index contributed by atoms with van der Waals surface area (Å²) in [6.45, 7) is 2.42. The second-order valence-corrected chi connectivity index (χ2v) is 7.60. The van der Waals surface area contributed by atoms with Crippen LogP contribution in [0.5, 0.6) is 0 Å². The van der Waals surface area contributed by atoms with Crippen molar-refractivity contribution in [3.8, 4) is 5.69 Å². The molecule has 4 nitrogen and oxygen atoms in total. The van der Waals surface area contributed by atoms with Gasteiger partial charge in [0.15, 0.2) is 5.78 Å². The second kappa shape index (κ2) is 7.85. The van der Waals surface area contributed by atoms with E-state index in [0.29, 0.717) is 11.6 Å². The first-order chi connectivity index (χ1) is 13.2. The molecule has 1 aliphatic heterocycles. The van der Waals surface area contributed by atoms with Crippen molar-refractivity contribution in [2.24, 2.45) is 0 Å². The number of hydrogen-bond donors (Lipinski definition) is 1. The summed E-state index contributed by atoms with van der Waals surface area (Å²) in [6.07, 6.45) is 5.51. The summed E-state index contributed by atoms with van der Waals surface area (Å²) >= 11 is 6.03. The van der Waals surface area contributed by atoms with Crippen LogP contribution < -0.4 is 0 Å². The first-order valence-electron chi connectivity index (χ1n) is 9.42. The molecule has 2 heterocycles. The van der Waals surface area contributed by atoms with E-state index in [2.05, 4.69) is 4.90 Å². The molecule has 0 spiro atoms. The molecular weight excluding hydrogens is 360 g/mol. The van der Waals surface area contributed by atoms with Crippen molar-refractivity contribution < 1.29 is 9.90 Å². The predicted octanol–water partition coefficient (Wildman–Crippen LogP) is 4.44. The van der Waals surface area contributed by atoms with Crippen LogP contribution in [-0.2, 0) is 6.61 Å². The highest BCUT2D eigenvalue weighted by atomic mass is 35.5. The van der Waals surface area contributed by atoms with E-state index < -0.39 is 0 Å². The molecular formula is C22H23ClN2O2. The number of carbonyl (C=O) groups excluding carboxylic acids is 1. The second-order valence-electron chi connectivity index (χ2n) is 7.16. The third kappa shape index (κ3) is 3.79. The number of nitrogens with zero attached hydrogens (tertiary/aromatic N) is 2. The van der Waals surface area contributed by atoms with E-state index in [0.717, 1.165) is 40.8 Å². The fourth-order valence-corrected chi connectivity index (χ4v) is 3.94. The fraction of sp³-hybridized carbons (Fsp3) is 0.318. The minimum absolute atomic E-state index is 0.0290. The van der Waals surface area contributed by atoms with Crippen LogP contribution in [0.1, 0.15) is 35.2 Å². The van der Waals surface area contributed by atoms with Crippen molar-refractivity contribution in [2.75, 3.05) is 19.6 Å². The highest BCUT2D eigenvalue weighted by molar-refractivity contribution is 6.30. The number of piperidine rings is 1. The molecule has 0 radical (unpaired) electrons. The maximum absolute atomic E-state index is 13.1. The molecule has 5 heteroatoms. The largest absolute Gasteiger partial charge is 0.392 e. The monoisotopic (exact) mass is 382 g/mol. The Labute approximate surface area is 164 Å². The lowest BCUT2D eigenvalue weighted by atomic mass is 10.1. The Morgan fingerprint density at radius 3 is 2.48 bits per heavy atom. The maximum atomic E-state index is 13.1. The normalized spacial score (nSPS) is 15.3. The van der Waals surface area contributed by atoms with Crippen LogP contribution in [-0.4, -0.2) is 40.0 Å². The van der Waals surface area contributed by atoms with Gasteiger partial charge in [0.1, 0.15) is 0 Å². The third-order valence-electron chi connectivity index (χ3n) is 5.27. The maximum Gasteiger partial charge on any atom is 0.178 e. The highest BCUT2D eigenvalue weighted by Crippen LogP contribution is 2.28. The Balaban J connectivity index is 1.76. The summed E-state index contributed by atoms with van der Waals surface area (Å²) in [4.78, 5) is 15.3. The Hall–Kier alpha value is -2.14. The molecule has 1 fully saturated rings. The zero-order valence-corrected chi connectivity index (χ0v) is 16.0. The Morgan fingerprint density at radius 2 is 1.78 bits per heavy atom. The zero-order chi connectivity index (χ0) is 18.8. The van der Waals surface area contributed by atoms with Gasteiger partial charge in [-0.15, -0.1) is 0 Å². The molecule has 0 bridgehead atoms. The molecule has 27 heavy (non-hydrogen) atoms. The van der Waals surface area contributed by atoms with Gasteiger partial charge >= 0.3 is 0 Å². The predicted molar refractivity (Wildman–Crippen MR) is 109 cm³/mol. The molecule has 2 aromatic carbocycles. The molecule has 140 valence electrons. The minimum Gasteiger partial charge on any atom is -0.392 e. The number of aliphatic hydroxyl groups excluding tert-OH is 1. The van der Waals surface area contributed by atoms with Crippen molar-refractivity contribution in [1.82, 2.24) is 9.47 Å². The molecule has 0 atom stereocenters. The summed E-state index contributed by atoms with van der Waals surface area (Å²) in [5, 5.41) is 11.1. The average molecular weight is 383 g/mol. The van der Waals surface area contributed by atoms with Crippen LogP contribution in [0.2, 0.25) is 5.02 Å². The molecule has 0 saturated carbocycles. The zero-order valence-electron chi connectivity index (χ0n) is 15.2. The third-order valence-corrected chi connectivity index (χ3v) is 5.53. The highest BCUT2D eigenvalue weighted by Gasteiger charge is 2.20. The van der Waals surface area contributed by atoms with Crippen molar-refractivity contribution in [1.29, 1.82) is 0 Å². The number of carbonyl (C=O) groups is 1. The first kappa shape index (κ1) is 18.2. The Kier molecular flexibility index (Phi) is 5.30. The van der Waals surface area contributed by atoms with Crippen molar-refractivity contribution in [2.45, 2.75) is 25.9 Å². The number of Topliss-reactive ketones (excluding diaryl/α,β-unsaturated/α-hetero) is 1. The number of hydrogen-bond acceptors (Lipinski definition) is 3. The molecule has 0 unspecified atom stereocenters.